The van der Waals surface area contributed by atoms with E-state index in [0.717, 1.165) is 11.6 Å². The van der Waals surface area contributed by atoms with Gasteiger partial charge in [-0.25, -0.2) is 9.97 Å². The van der Waals surface area contributed by atoms with E-state index in [1.54, 1.807) is 6.33 Å². The van der Waals surface area contributed by atoms with Crippen LogP contribution in [-0.4, -0.2) is 22.6 Å². The number of aromatic nitrogens is 2. The number of rotatable bonds is 3. The largest absolute Gasteiger partial charge is 0.373 e. The van der Waals surface area contributed by atoms with Crippen molar-refractivity contribution in [1.82, 2.24) is 9.97 Å². The Bertz CT molecular complexity index is 331. The minimum atomic E-state index is 0.222. The summed E-state index contributed by atoms with van der Waals surface area (Å²) >= 11 is 0. The van der Waals surface area contributed by atoms with Crippen molar-refractivity contribution in [1.29, 1.82) is 0 Å². The molecular formula is C11H18N4. The van der Waals surface area contributed by atoms with Gasteiger partial charge in [0, 0.05) is 18.7 Å². The molecular weight excluding hydrogens is 188 g/mol. The molecule has 0 radical (unpaired) electrons. The summed E-state index contributed by atoms with van der Waals surface area (Å²) in [5.41, 5.74) is 0.222. The van der Waals surface area contributed by atoms with Gasteiger partial charge in [-0.05, 0) is 19.8 Å². The predicted octanol–water partition coefficient (Wildman–Crippen LogP) is 2.26. The van der Waals surface area contributed by atoms with Crippen LogP contribution < -0.4 is 10.6 Å². The van der Waals surface area contributed by atoms with E-state index in [9.17, 15) is 0 Å². The lowest BCUT2D eigenvalue weighted by Crippen LogP contribution is -2.31. The molecule has 0 aromatic carbocycles. The summed E-state index contributed by atoms with van der Waals surface area (Å²) in [6, 6.07) is 1.95. The molecule has 82 valence electrons. The molecule has 1 heterocycles. The van der Waals surface area contributed by atoms with Gasteiger partial charge in [0.2, 0.25) is 0 Å². The Kier molecular flexibility index (Phi) is 2.75. The molecule has 0 amide bonds. The van der Waals surface area contributed by atoms with Crippen LogP contribution in [0.1, 0.15) is 32.6 Å². The highest BCUT2D eigenvalue weighted by Crippen LogP contribution is 2.32. The van der Waals surface area contributed by atoms with E-state index >= 15 is 0 Å². The molecule has 2 rings (SSSR count). The maximum atomic E-state index is 4.23. The lowest BCUT2D eigenvalue weighted by Gasteiger charge is -2.25. The number of hydrogen-bond donors (Lipinski definition) is 2. The van der Waals surface area contributed by atoms with Gasteiger partial charge in [0.05, 0.1) is 0 Å². The highest BCUT2D eigenvalue weighted by molar-refractivity contribution is 5.47. The molecule has 0 unspecified atom stereocenters. The molecule has 4 heteroatoms. The molecule has 1 aromatic heterocycles. The average molecular weight is 206 g/mol. The fraction of sp³-hybridized carbons (Fsp3) is 0.636. The van der Waals surface area contributed by atoms with Gasteiger partial charge < -0.3 is 10.6 Å². The Morgan fingerprint density at radius 2 is 1.87 bits per heavy atom. The molecule has 1 fully saturated rings. The topological polar surface area (TPSA) is 49.8 Å². The summed E-state index contributed by atoms with van der Waals surface area (Å²) in [6.07, 6.45) is 6.67. The number of nitrogens with one attached hydrogen (secondary N) is 2. The maximum Gasteiger partial charge on any atom is 0.131 e. The zero-order valence-corrected chi connectivity index (χ0v) is 9.38. The van der Waals surface area contributed by atoms with E-state index in [2.05, 4.69) is 27.5 Å². The monoisotopic (exact) mass is 206 g/mol. The molecule has 0 spiro atoms. The van der Waals surface area contributed by atoms with Crippen molar-refractivity contribution >= 4 is 11.6 Å². The van der Waals surface area contributed by atoms with Gasteiger partial charge in [-0.1, -0.05) is 12.8 Å². The summed E-state index contributed by atoms with van der Waals surface area (Å²) in [4.78, 5) is 8.33. The van der Waals surface area contributed by atoms with Crippen molar-refractivity contribution in [2.75, 3.05) is 17.7 Å². The second-order valence-corrected chi connectivity index (χ2v) is 4.43. The van der Waals surface area contributed by atoms with Gasteiger partial charge in [0.25, 0.3) is 0 Å². The third-order valence-corrected chi connectivity index (χ3v) is 3.06. The van der Waals surface area contributed by atoms with Crippen molar-refractivity contribution in [2.45, 2.75) is 38.1 Å². The van der Waals surface area contributed by atoms with Crippen LogP contribution in [-0.2, 0) is 0 Å². The van der Waals surface area contributed by atoms with Crippen LogP contribution >= 0.6 is 0 Å². The van der Waals surface area contributed by atoms with Crippen LogP contribution in [0.25, 0.3) is 0 Å². The molecule has 1 saturated carbocycles. The van der Waals surface area contributed by atoms with Gasteiger partial charge in [-0.15, -0.1) is 0 Å². The first-order valence-corrected chi connectivity index (χ1v) is 5.50. The van der Waals surface area contributed by atoms with Gasteiger partial charge in [0.15, 0.2) is 0 Å². The third kappa shape index (κ3) is 2.37. The Hall–Kier alpha value is -1.32. The molecule has 1 aliphatic carbocycles. The smallest absolute Gasteiger partial charge is 0.131 e. The zero-order chi connectivity index (χ0) is 10.7. The Morgan fingerprint density at radius 1 is 1.20 bits per heavy atom. The first-order chi connectivity index (χ1) is 7.22. The number of hydrogen-bond acceptors (Lipinski definition) is 4. The lowest BCUT2D eigenvalue weighted by molar-refractivity contribution is 0.531. The summed E-state index contributed by atoms with van der Waals surface area (Å²) in [5, 5.41) is 6.51. The molecule has 0 saturated heterocycles. The zero-order valence-electron chi connectivity index (χ0n) is 9.38. The quantitative estimate of drug-likeness (QED) is 0.796. The summed E-state index contributed by atoms with van der Waals surface area (Å²) < 4.78 is 0. The van der Waals surface area contributed by atoms with Gasteiger partial charge in [-0.3, -0.25) is 0 Å². The van der Waals surface area contributed by atoms with Crippen molar-refractivity contribution in [3.63, 3.8) is 0 Å². The molecule has 1 aliphatic rings. The second-order valence-electron chi connectivity index (χ2n) is 4.43. The molecule has 2 N–H and O–H groups in total. The fourth-order valence-electron chi connectivity index (χ4n) is 2.15. The van der Waals surface area contributed by atoms with Crippen LogP contribution in [0.3, 0.4) is 0 Å². The van der Waals surface area contributed by atoms with E-state index in [-0.39, 0.29) is 5.54 Å². The van der Waals surface area contributed by atoms with Crippen LogP contribution in [0.5, 0.6) is 0 Å². The molecule has 0 aliphatic heterocycles. The summed E-state index contributed by atoms with van der Waals surface area (Å²) in [5.74, 6) is 1.77. The summed E-state index contributed by atoms with van der Waals surface area (Å²) in [6.45, 7) is 2.27. The highest BCUT2D eigenvalue weighted by Gasteiger charge is 2.28. The van der Waals surface area contributed by atoms with E-state index < -0.39 is 0 Å². The van der Waals surface area contributed by atoms with Crippen LogP contribution in [0.4, 0.5) is 11.6 Å². The Labute approximate surface area is 90.5 Å². The van der Waals surface area contributed by atoms with Crippen molar-refractivity contribution < 1.29 is 0 Å². The van der Waals surface area contributed by atoms with E-state index in [1.807, 2.05) is 13.1 Å². The lowest BCUT2D eigenvalue weighted by atomic mass is 10.0. The second kappa shape index (κ2) is 4.04. The molecule has 4 nitrogen and oxygen atoms in total. The first-order valence-electron chi connectivity index (χ1n) is 5.50. The fourth-order valence-corrected chi connectivity index (χ4v) is 2.15. The van der Waals surface area contributed by atoms with Crippen molar-refractivity contribution in [3.05, 3.63) is 12.4 Å². The minimum Gasteiger partial charge on any atom is -0.373 e. The number of anilines is 2. The molecule has 0 bridgehead atoms. The normalized spacial score (nSPS) is 18.8. The standard InChI is InChI=1S/C11H18N4/c1-11(5-3-4-6-11)15-10-7-9(12-2)13-8-14-10/h7-8H,3-6H2,1-2H3,(H2,12,13,14,15). The van der Waals surface area contributed by atoms with E-state index in [0.29, 0.717) is 0 Å². The van der Waals surface area contributed by atoms with Gasteiger partial charge in [-0.2, -0.15) is 0 Å². The average Bonchev–Trinajstić information content (AvgIpc) is 2.65. The van der Waals surface area contributed by atoms with Crippen LogP contribution in [0.2, 0.25) is 0 Å². The number of nitrogens with zero attached hydrogens (tertiary/aromatic N) is 2. The minimum absolute atomic E-state index is 0.222. The van der Waals surface area contributed by atoms with Gasteiger partial charge >= 0.3 is 0 Å². The highest BCUT2D eigenvalue weighted by atomic mass is 15.1. The molecule has 0 atom stereocenters. The first kappa shape index (κ1) is 10.2. The third-order valence-electron chi connectivity index (χ3n) is 3.06. The Balaban J connectivity index is 2.09. The predicted molar refractivity (Wildman–Crippen MR) is 62.1 cm³/mol. The van der Waals surface area contributed by atoms with E-state index in [1.165, 1.54) is 25.7 Å². The molecule has 15 heavy (non-hydrogen) atoms. The summed E-state index contributed by atoms with van der Waals surface area (Å²) in [7, 11) is 1.86. The van der Waals surface area contributed by atoms with Crippen LogP contribution in [0, 0.1) is 0 Å². The van der Waals surface area contributed by atoms with E-state index in [4.69, 9.17) is 0 Å². The van der Waals surface area contributed by atoms with Gasteiger partial charge in [0.1, 0.15) is 18.0 Å². The van der Waals surface area contributed by atoms with Crippen molar-refractivity contribution in [2.24, 2.45) is 0 Å². The maximum absolute atomic E-state index is 4.23. The Morgan fingerprint density at radius 3 is 2.53 bits per heavy atom. The SMILES string of the molecule is CNc1cc(NC2(C)CCCC2)ncn1. The van der Waals surface area contributed by atoms with Crippen molar-refractivity contribution in [3.8, 4) is 0 Å². The van der Waals surface area contributed by atoms with Crippen LogP contribution in [0.15, 0.2) is 12.4 Å². The molecule has 1 aromatic rings.